The number of rotatable bonds is 9. The molecule has 10 nitrogen and oxygen atoms in total. The lowest BCUT2D eigenvalue weighted by Gasteiger charge is -2.27. The quantitative estimate of drug-likeness (QED) is 0.404. The van der Waals surface area contributed by atoms with Crippen molar-refractivity contribution in [1.29, 1.82) is 0 Å². The molecule has 0 aliphatic heterocycles. The van der Waals surface area contributed by atoms with Crippen molar-refractivity contribution in [3.8, 4) is 0 Å². The lowest BCUT2D eigenvalue weighted by Crippen LogP contribution is -2.49. The Morgan fingerprint density at radius 1 is 0.781 bits per heavy atom. The largest absolute Gasteiger partial charge is 0.458 e. The second-order valence-corrected chi connectivity index (χ2v) is 7.77. The molecule has 1 aromatic rings. The Hall–Kier alpha value is -3.43. The highest BCUT2D eigenvalue weighted by atomic mass is 16.6. The summed E-state index contributed by atoms with van der Waals surface area (Å²) in [6, 6.07) is 8.82. The zero-order valence-electron chi connectivity index (χ0n) is 18.9. The highest BCUT2D eigenvalue weighted by molar-refractivity contribution is 5.90. The van der Waals surface area contributed by atoms with Gasteiger partial charge < -0.3 is 23.7 Å². The van der Waals surface area contributed by atoms with Gasteiger partial charge in [0.15, 0.2) is 6.10 Å². The van der Waals surface area contributed by atoms with Gasteiger partial charge in [-0.2, -0.15) is 0 Å². The predicted molar refractivity (Wildman–Crippen MR) is 109 cm³/mol. The van der Waals surface area contributed by atoms with E-state index in [2.05, 4.69) is 0 Å². The molecule has 0 saturated heterocycles. The molecule has 0 aliphatic rings. The summed E-state index contributed by atoms with van der Waals surface area (Å²) in [6.45, 7) is 7.83. The van der Waals surface area contributed by atoms with E-state index in [0.29, 0.717) is 0 Å². The van der Waals surface area contributed by atoms with Crippen LogP contribution in [0, 0.1) is 0 Å². The van der Waals surface area contributed by atoms with Crippen LogP contribution >= 0.6 is 0 Å². The number of carbonyl (C=O) groups is 5. The lowest BCUT2D eigenvalue weighted by atomic mass is 10.1. The van der Waals surface area contributed by atoms with E-state index in [1.165, 1.54) is 6.92 Å². The highest BCUT2D eigenvalue weighted by Gasteiger charge is 2.44. The molecule has 1 aromatic carbocycles. The fraction of sp³-hybridized carbons (Fsp3) is 0.500. The van der Waals surface area contributed by atoms with Crippen molar-refractivity contribution in [2.45, 2.75) is 72.1 Å². The van der Waals surface area contributed by atoms with Crippen molar-refractivity contribution in [2.75, 3.05) is 0 Å². The second-order valence-electron chi connectivity index (χ2n) is 7.77. The summed E-state index contributed by atoms with van der Waals surface area (Å²) in [7, 11) is 0. The number of carbonyl (C=O) groups excluding carboxylic acids is 5. The summed E-state index contributed by atoms with van der Waals surface area (Å²) >= 11 is 0. The van der Waals surface area contributed by atoms with Gasteiger partial charge in [0.05, 0.1) is 0 Å². The van der Waals surface area contributed by atoms with E-state index in [-0.39, 0.29) is 6.61 Å². The number of hydrogen-bond acceptors (Lipinski definition) is 10. The summed E-state index contributed by atoms with van der Waals surface area (Å²) in [5, 5.41) is 0. The topological polar surface area (TPSA) is 132 Å². The average molecular weight is 452 g/mol. The third kappa shape index (κ3) is 9.59. The van der Waals surface area contributed by atoms with Gasteiger partial charge in [-0.25, -0.2) is 14.4 Å². The maximum Gasteiger partial charge on any atom is 0.352 e. The molecule has 3 atom stereocenters. The van der Waals surface area contributed by atoms with Crippen LogP contribution in [0.3, 0.4) is 0 Å². The summed E-state index contributed by atoms with van der Waals surface area (Å²) in [5.41, 5.74) is -0.272. The first-order chi connectivity index (χ1) is 14.8. The zero-order chi connectivity index (χ0) is 24.5. The van der Waals surface area contributed by atoms with Gasteiger partial charge in [-0.1, -0.05) is 30.3 Å². The van der Waals surface area contributed by atoms with Crippen LogP contribution in [0.5, 0.6) is 0 Å². The molecule has 0 aromatic heterocycles. The molecule has 0 fully saturated rings. The van der Waals surface area contributed by atoms with Gasteiger partial charge in [0, 0.05) is 13.8 Å². The minimum Gasteiger partial charge on any atom is -0.458 e. The molecule has 0 heterocycles. The van der Waals surface area contributed by atoms with E-state index in [0.717, 1.165) is 19.4 Å². The van der Waals surface area contributed by atoms with Crippen LogP contribution < -0.4 is 0 Å². The van der Waals surface area contributed by atoms with Crippen LogP contribution in [0.15, 0.2) is 30.3 Å². The summed E-state index contributed by atoms with van der Waals surface area (Å²) < 4.78 is 25.0. The van der Waals surface area contributed by atoms with Crippen LogP contribution in [-0.4, -0.2) is 53.8 Å². The van der Waals surface area contributed by atoms with Gasteiger partial charge in [0.2, 0.25) is 12.2 Å². The average Bonchev–Trinajstić information content (AvgIpc) is 2.67. The standard InChI is InChI=1S/C22H28O10/c1-13(19(25)28-12-16-10-8-7-9-11-16)29-20(26)17(30-14(2)23)18(31-15(3)24)21(27)32-22(4,5)6/h7-11,13,17-18H,12H2,1-6H3/t13-,17?,18-/m1/s1. The van der Waals surface area contributed by atoms with Crippen molar-refractivity contribution in [3.05, 3.63) is 35.9 Å². The van der Waals surface area contributed by atoms with Crippen LogP contribution in [0.1, 0.15) is 47.1 Å². The lowest BCUT2D eigenvalue weighted by molar-refractivity contribution is -0.198. The summed E-state index contributed by atoms with van der Waals surface area (Å²) in [4.78, 5) is 60.4. The molecule has 1 rings (SSSR count). The van der Waals surface area contributed by atoms with E-state index < -0.39 is 53.8 Å². The molecule has 0 aliphatic carbocycles. The van der Waals surface area contributed by atoms with Gasteiger partial charge in [0.1, 0.15) is 12.2 Å². The van der Waals surface area contributed by atoms with E-state index >= 15 is 0 Å². The number of benzene rings is 1. The van der Waals surface area contributed by atoms with E-state index in [1.54, 1.807) is 51.1 Å². The molecule has 10 heteroatoms. The molecule has 0 spiro atoms. The monoisotopic (exact) mass is 452 g/mol. The number of hydrogen-bond donors (Lipinski definition) is 0. The summed E-state index contributed by atoms with van der Waals surface area (Å²) in [5.74, 6) is -5.17. The molecular formula is C22H28O10. The van der Waals surface area contributed by atoms with Crippen LogP contribution in [0.25, 0.3) is 0 Å². The highest BCUT2D eigenvalue weighted by Crippen LogP contribution is 2.16. The molecular weight excluding hydrogens is 424 g/mol. The first kappa shape index (κ1) is 26.6. The van der Waals surface area contributed by atoms with Gasteiger partial charge in [-0.3, -0.25) is 9.59 Å². The Balaban J connectivity index is 2.95. The minimum absolute atomic E-state index is 0.0527. The van der Waals surface area contributed by atoms with E-state index in [1.807, 2.05) is 0 Å². The molecule has 0 N–H and O–H groups in total. The van der Waals surface area contributed by atoms with E-state index in [9.17, 15) is 24.0 Å². The third-order valence-corrected chi connectivity index (χ3v) is 3.58. The Kier molecular flexibility index (Phi) is 9.83. The van der Waals surface area contributed by atoms with Crippen LogP contribution in [-0.2, 0) is 54.3 Å². The maximum atomic E-state index is 12.7. The second kappa shape index (κ2) is 11.8. The molecule has 32 heavy (non-hydrogen) atoms. The number of esters is 5. The number of ether oxygens (including phenoxy) is 5. The predicted octanol–water partition coefficient (Wildman–Crippen LogP) is 1.87. The molecule has 1 unspecified atom stereocenters. The first-order valence-corrected chi connectivity index (χ1v) is 9.78. The van der Waals surface area contributed by atoms with E-state index in [4.69, 9.17) is 23.7 Å². The first-order valence-electron chi connectivity index (χ1n) is 9.78. The Bertz CT molecular complexity index is 825. The Labute approximate surface area is 186 Å². The van der Waals surface area contributed by atoms with Crippen LogP contribution in [0.4, 0.5) is 0 Å². The van der Waals surface area contributed by atoms with Crippen molar-refractivity contribution in [2.24, 2.45) is 0 Å². The fourth-order valence-electron chi connectivity index (χ4n) is 2.32. The smallest absolute Gasteiger partial charge is 0.352 e. The van der Waals surface area contributed by atoms with Crippen molar-refractivity contribution in [1.82, 2.24) is 0 Å². The van der Waals surface area contributed by atoms with Crippen molar-refractivity contribution in [3.63, 3.8) is 0 Å². The molecule has 0 amide bonds. The van der Waals surface area contributed by atoms with Crippen molar-refractivity contribution >= 4 is 29.8 Å². The molecule has 0 saturated carbocycles. The Morgan fingerprint density at radius 2 is 1.28 bits per heavy atom. The molecule has 0 radical (unpaired) electrons. The fourth-order valence-corrected chi connectivity index (χ4v) is 2.32. The molecule has 176 valence electrons. The third-order valence-electron chi connectivity index (χ3n) is 3.58. The minimum atomic E-state index is -1.99. The maximum absolute atomic E-state index is 12.7. The summed E-state index contributed by atoms with van der Waals surface area (Å²) in [6.07, 6.45) is -5.33. The molecule has 0 bridgehead atoms. The van der Waals surface area contributed by atoms with Gasteiger partial charge >= 0.3 is 29.8 Å². The Morgan fingerprint density at radius 3 is 1.75 bits per heavy atom. The van der Waals surface area contributed by atoms with Gasteiger partial charge in [-0.15, -0.1) is 0 Å². The SMILES string of the molecule is CC(=O)OC(C(=O)O[C@H](C)C(=O)OCc1ccccc1)[C@@H](OC(C)=O)C(=O)OC(C)(C)C. The van der Waals surface area contributed by atoms with Crippen LogP contribution in [0.2, 0.25) is 0 Å². The van der Waals surface area contributed by atoms with Crippen molar-refractivity contribution < 1.29 is 47.7 Å². The normalized spacial score (nSPS) is 13.7. The van der Waals surface area contributed by atoms with Gasteiger partial charge in [-0.05, 0) is 33.3 Å². The van der Waals surface area contributed by atoms with Gasteiger partial charge in [0.25, 0.3) is 0 Å². The zero-order valence-corrected chi connectivity index (χ0v) is 18.9.